The first-order chi connectivity index (χ1) is 11.2. The first-order valence-corrected chi connectivity index (χ1v) is 7.88. The van der Waals surface area contributed by atoms with Crippen LogP contribution in [-0.4, -0.2) is 41.3 Å². The Hall–Kier alpha value is -2.61. The number of aromatic nitrogens is 3. The molecule has 0 aliphatic carbocycles. The molecule has 1 N–H and O–H groups in total. The summed E-state index contributed by atoms with van der Waals surface area (Å²) in [5, 5.41) is 12.8. The molecule has 0 saturated carbocycles. The maximum atomic E-state index is 12.4. The number of ether oxygens (including phenoxy) is 2. The molecule has 1 aromatic carbocycles. The van der Waals surface area contributed by atoms with Gasteiger partial charge in [0.1, 0.15) is 23.4 Å². The summed E-state index contributed by atoms with van der Waals surface area (Å²) < 4.78 is 12.4. The number of carbonyl (C=O) groups excluding carboxylic acids is 1. The van der Waals surface area contributed by atoms with Crippen molar-refractivity contribution < 1.29 is 14.3 Å². The maximum Gasteiger partial charge on any atom is 0.258 e. The van der Waals surface area contributed by atoms with Crippen LogP contribution in [0.4, 0.5) is 0 Å². The number of fused-ring (bicyclic) bond motifs is 1. The van der Waals surface area contributed by atoms with Crippen molar-refractivity contribution in [1.29, 1.82) is 0 Å². The number of hydrogen-bond donors (Lipinski definition) is 1. The molecular weight excluding hydrogens is 316 g/mol. The smallest absolute Gasteiger partial charge is 0.258 e. The molecule has 120 valence electrons. The van der Waals surface area contributed by atoms with Gasteiger partial charge in [-0.1, -0.05) is 6.07 Å². The van der Waals surface area contributed by atoms with Crippen molar-refractivity contribution in [3.05, 3.63) is 41.2 Å². The molecule has 0 atom stereocenters. The van der Waals surface area contributed by atoms with Gasteiger partial charge in [-0.3, -0.25) is 9.20 Å². The molecule has 0 unspecified atom stereocenters. The van der Waals surface area contributed by atoms with E-state index < -0.39 is 0 Å². The summed E-state index contributed by atoms with van der Waals surface area (Å²) >= 11 is 1.52. The van der Waals surface area contributed by atoms with E-state index in [1.54, 1.807) is 24.5 Å². The molecule has 7 nitrogen and oxygen atoms in total. The van der Waals surface area contributed by atoms with Crippen LogP contribution in [0.15, 0.2) is 29.9 Å². The van der Waals surface area contributed by atoms with Crippen LogP contribution in [0.5, 0.6) is 11.5 Å². The van der Waals surface area contributed by atoms with E-state index in [0.717, 1.165) is 10.7 Å². The van der Waals surface area contributed by atoms with Crippen molar-refractivity contribution in [2.24, 2.45) is 0 Å². The summed E-state index contributed by atoms with van der Waals surface area (Å²) in [5.74, 6) is 0.742. The number of methoxy groups -OCH3 is 2. The molecular formula is C15H16N4O3S. The average molecular weight is 332 g/mol. The largest absolute Gasteiger partial charge is 0.496 e. The second kappa shape index (κ2) is 6.66. The van der Waals surface area contributed by atoms with Gasteiger partial charge in [-0.05, 0) is 12.1 Å². The fourth-order valence-electron chi connectivity index (χ4n) is 2.33. The van der Waals surface area contributed by atoms with Crippen LogP contribution in [0.25, 0.3) is 4.96 Å². The first-order valence-electron chi connectivity index (χ1n) is 7.00. The molecule has 2 aromatic heterocycles. The SMILES string of the molecule is COc1cccc(OC)c1C(=O)NCCc1csc2nncn12. The third-order valence-electron chi connectivity index (χ3n) is 3.45. The van der Waals surface area contributed by atoms with E-state index in [-0.39, 0.29) is 5.91 Å². The lowest BCUT2D eigenvalue weighted by Crippen LogP contribution is -2.26. The fraction of sp³-hybridized carbons (Fsp3) is 0.267. The predicted molar refractivity (Wildman–Crippen MR) is 86.4 cm³/mol. The Labute approximate surface area is 136 Å². The number of benzene rings is 1. The van der Waals surface area contributed by atoms with E-state index in [1.807, 2.05) is 9.78 Å². The number of nitrogens with zero attached hydrogens (tertiary/aromatic N) is 3. The van der Waals surface area contributed by atoms with Gasteiger partial charge >= 0.3 is 0 Å². The molecule has 3 rings (SSSR count). The minimum Gasteiger partial charge on any atom is -0.496 e. The molecule has 23 heavy (non-hydrogen) atoms. The summed E-state index contributed by atoms with van der Waals surface area (Å²) in [4.78, 5) is 13.3. The van der Waals surface area contributed by atoms with Crippen LogP contribution < -0.4 is 14.8 Å². The number of hydrogen-bond acceptors (Lipinski definition) is 6. The lowest BCUT2D eigenvalue weighted by molar-refractivity contribution is 0.0948. The Morgan fingerprint density at radius 3 is 2.74 bits per heavy atom. The third kappa shape index (κ3) is 2.98. The van der Waals surface area contributed by atoms with Crippen molar-refractivity contribution in [1.82, 2.24) is 19.9 Å². The van der Waals surface area contributed by atoms with Crippen molar-refractivity contribution in [2.45, 2.75) is 6.42 Å². The second-order valence-corrected chi connectivity index (χ2v) is 5.59. The van der Waals surface area contributed by atoms with Gasteiger partial charge < -0.3 is 14.8 Å². The van der Waals surface area contributed by atoms with Gasteiger partial charge in [0.15, 0.2) is 0 Å². The Morgan fingerprint density at radius 1 is 1.30 bits per heavy atom. The molecule has 0 fully saturated rings. The fourth-order valence-corrected chi connectivity index (χ4v) is 3.17. The zero-order chi connectivity index (χ0) is 16.2. The van der Waals surface area contributed by atoms with Crippen LogP contribution in [0, 0.1) is 0 Å². The van der Waals surface area contributed by atoms with Crippen LogP contribution in [0.3, 0.4) is 0 Å². The van der Waals surface area contributed by atoms with Crippen molar-refractivity contribution in [2.75, 3.05) is 20.8 Å². The summed E-state index contributed by atoms with van der Waals surface area (Å²) in [6, 6.07) is 5.25. The summed E-state index contributed by atoms with van der Waals surface area (Å²) in [6.07, 6.45) is 2.35. The second-order valence-electron chi connectivity index (χ2n) is 4.75. The Morgan fingerprint density at radius 2 is 2.04 bits per heavy atom. The number of carbonyl (C=O) groups is 1. The molecule has 0 radical (unpaired) electrons. The normalized spacial score (nSPS) is 10.7. The van der Waals surface area contributed by atoms with E-state index in [4.69, 9.17) is 9.47 Å². The highest BCUT2D eigenvalue weighted by Crippen LogP contribution is 2.27. The van der Waals surface area contributed by atoms with Crippen LogP contribution in [-0.2, 0) is 6.42 Å². The van der Waals surface area contributed by atoms with Crippen LogP contribution >= 0.6 is 11.3 Å². The van der Waals surface area contributed by atoms with Crippen molar-refractivity contribution >= 4 is 22.2 Å². The number of nitrogens with one attached hydrogen (secondary N) is 1. The molecule has 1 amide bonds. The molecule has 8 heteroatoms. The summed E-state index contributed by atoms with van der Waals surface area (Å²) in [7, 11) is 3.05. The zero-order valence-corrected chi connectivity index (χ0v) is 13.6. The lowest BCUT2D eigenvalue weighted by atomic mass is 10.1. The molecule has 0 saturated heterocycles. The average Bonchev–Trinajstić information content (AvgIpc) is 3.18. The highest BCUT2D eigenvalue weighted by atomic mass is 32.1. The van der Waals surface area contributed by atoms with Crippen LogP contribution in [0.2, 0.25) is 0 Å². The van der Waals surface area contributed by atoms with Gasteiger partial charge in [0.05, 0.1) is 14.2 Å². The zero-order valence-electron chi connectivity index (χ0n) is 12.8. The van der Waals surface area contributed by atoms with E-state index in [0.29, 0.717) is 30.0 Å². The van der Waals surface area contributed by atoms with Gasteiger partial charge in [0.25, 0.3) is 5.91 Å². The first kappa shape index (κ1) is 15.3. The third-order valence-corrected chi connectivity index (χ3v) is 4.33. The van der Waals surface area contributed by atoms with E-state index >= 15 is 0 Å². The Balaban J connectivity index is 1.69. The number of thiazole rings is 1. The van der Waals surface area contributed by atoms with E-state index in [9.17, 15) is 4.79 Å². The van der Waals surface area contributed by atoms with E-state index in [1.165, 1.54) is 25.6 Å². The minimum atomic E-state index is -0.227. The lowest BCUT2D eigenvalue weighted by Gasteiger charge is -2.12. The summed E-state index contributed by atoms with van der Waals surface area (Å²) in [5.41, 5.74) is 1.46. The highest BCUT2D eigenvalue weighted by molar-refractivity contribution is 7.15. The highest BCUT2D eigenvalue weighted by Gasteiger charge is 2.17. The number of amides is 1. The quantitative estimate of drug-likeness (QED) is 0.744. The Bertz CT molecular complexity index is 805. The van der Waals surface area contributed by atoms with Gasteiger partial charge in [0.2, 0.25) is 4.96 Å². The Kier molecular flexibility index (Phi) is 4.42. The molecule has 2 heterocycles. The minimum absolute atomic E-state index is 0.227. The molecule has 0 aliphatic rings. The van der Waals surface area contributed by atoms with Crippen LogP contribution in [0.1, 0.15) is 16.1 Å². The molecule has 0 aliphatic heterocycles. The van der Waals surface area contributed by atoms with Gasteiger partial charge in [-0.25, -0.2) is 0 Å². The number of rotatable bonds is 6. The topological polar surface area (TPSA) is 77.8 Å². The monoisotopic (exact) mass is 332 g/mol. The maximum absolute atomic E-state index is 12.4. The molecule has 3 aromatic rings. The van der Waals surface area contributed by atoms with E-state index in [2.05, 4.69) is 15.5 Å². The molecule has 0 spiro atoms. The van der Waals surface area contributed by atoms with Crippen molar-refractivity contribution in [3.8, 4) is 11.5 Å². The standard InChI is InChI=1S/C15H16N4O3S/c1-21-11-4-3-5-12(22-2)13(11)14(20)16-7-6-10-8-23-15-18-17-9-19(10)15/h3-5,8-9H,6-7H2,1-2H3,(H,16,20). The molecule has 0 bridgehead atoms. The van der Waals surface area contributed by atoms with Crippen molar-refractivity contribution in [3.63, 3.8) is 0 Å². The summed E-state index contributed by atoms with van der Waals surface area (Å²) in [6.45, 7) is 0.490. The predicted octanol–water partition coefficient (Wildman–Crippen LogP) is 1.78. The van der Waals surface area contributed by atoms with Gasteiger partial charge in [-0.2, -0.15) is 0 Å². The van der Waals surface area contributed by atoms with Gasteiger partial charge in [-0.15, -0.1) is 21.5 Å². The van der Waals surface area contributed by atoms with Gasteiger partial charge in [0, 0.05) is 24.0 Å².